The number of rotatable bonds is 5. The maximum Gasteiger partial charge on any atom is 0.410 e. The second-order valence-corrected chi connectivity index (χ2v) is 13.8. The van der Waals surface area contributed by atoms with Crippen LogP contribution < -0.4 is 5.56 Å². The van der Waals surface area contributed by atoms with Gasteiger partial charge in [-0.15, -0.1) is 0 Å². The molecule has 2 aromatic heterocycles. The summed E-state index contributed by atoms with van der Waals surface area (Å²) in [5, 5.41) is 12.3. The van der Waals surface area contributed by atoms with Gasteiger partial charge in [0, 0.05) is 43.7 Å². The molecule has 11 heteroatoms. The number of para-hydroxylation sites is 1. The van der Waals surface area contributed by atoms with Crippen molar-refractivity contribution < 1.29 is 19.4 Å². The Morgan fingerprint density at radius 2 is 1.65 bits per heavy atom. The fourth-order valence-corrected chi connectivity index (χ4v) is 6.94. The van der Waals surface area contributed by atoms with Gasteiger partial charge >= 0.3 is 6.09 Å². The third kappa shape index (κ3) is 6.55. The highest BCUT2D eigenvalue weighted by Gasteiger charge is 2.42. The number of hydrogen-bond acceptors (Lipinski definition) is 6. The van der Waals surface area contributed by atoms with Gasteiger partial charge in [-0.2, -0.15) is 0 Å². The van der Waals surface area contributed by atoms with Crippen LogP contribution in [0, 0.1) is 5.92 Å². The zero-order chi connectivity index (χ0) is 32.6. The fourth-order valence-electron chi connectivity index (χ4n) is 6.65. The van der Waals surface area contributed by atoms with E-state index in [2.05, 4.69) is 4.98 Å². The van der Waals surface area contributed by atoms with E-state index in [-0.39, 0.29) is 35.9 Å². The maximum absolute atomic E-state index is 14.0. The number of fused-ring (bicyclic) bond motifs is 1. The van der Waals surface area contributed by atoms with Crippen LogP contribution in [0.5, 0.6) is 0 Å². The highest BCUT2D eigenvalue weighted by molar-refractivity contribution is 6.31. The van der Waals surface area contributed by atoms with Crippen molar-refractivity contribution in [2.75, 3.05) is 26.2 Å². The molecule has 4 aromatic rings. The van der Waals surface area contributed by atoms with Crippen molar-refractivity contribution in [3.8, 4) is 5.69 Å². The molecule has 0 radical (unpaired) electrons. The molecule has 0 bridgehead atoms. The van der Waals surface area contributed by atoms with Crippen molar-refractivity contribution >= 4 is 34.6 Å². The van der Waals surface area contributed by atoms with Crippen LogP contribution >= 0.6 is 11.6 Å². The third-order valence-corrected chi connectivity index (χ3v) is 9.31. The van der Waals surface area contributed by atoms with Crippen molar-refractivity contribution in [2.45, 2.75) is 63.7 Å². The summed E-state index contributed by atoms with van der Waals surface area (Å²) in [5.74, 6) is -0.459. The van der Waals surface area contributed by atoms with Crippen molar-refractivity contribution in [1.29, 1.82) is 0 Å². The average Bonchev–Trinajstić information content (AvgIpc) is 3.38. The Hall–Kier alpha value is -4.15. The molecule has 0 aliphatic carbocycles. The maximum atomic E-state index is 14.0. The number of nitrogens with zero attached hydrogens (tertiary/aromatic N) is 5. The summed E-state index contributed by atoms with van der Waals surface area (Å²) >= 11 is 6.52. The molecule has 0 spiro atoms. The number of aliphatic hydroxyl groups is 1. The van der Waals surface area contributed by atoms with E-state index in [4.69, 9.17) is 16.3 Å². The Morgan fingerprint density at radius 3 is 2.30 bits per heavy atom. The number of piperidine rings is 2. The summed E-state index contributed by atoms with van der Waals surface area (Å²) in [6.45, 7) is 7.14. The molecule has 2 atom stereocenters. The molecule has 0 unspecified atom stereocenters. The quantitative estimate of drug-likeness (QED) is 0.318. The topological polar surface area (TPSA) is 110 Å². The highest BCUT2D eigenvalue weighted by Crippen LogP contribution is 2.36. The molecule has 0 saturated carbocycles. The van der Waals surface area contributed by atoms with E-state index in [1.54, 1.807) is 15.5 Å². The lowest BCUT2D eigenvalue weighted by atomic mass is 9.79. The van der Waals surface area contributed by atoms with E-state index in [0.29, 0.717) is 61.6 Å². The lowest BCUT2D eigenvalue weighted by molar-refractivity contribution is -0.142. The molecular weight excluding hydrogens is 606 g/mol. The minimum Gasteiger partial charge on any atom is -0.444 e. The van der Waals surface area contributed by atoms with Crippen LogP contribution in [0.3, 0.4) is 0 Å². The molecule has 2 aromatic carbocycles. The number of amides is 2. The van der Waals surface area contributed by atoms with Crippen LogP contribution in [-0.2, 0) is 16.1 Å². The summed E-state index contributed by atoms with van der Waals surface area (Å²) in [5.41, 5.74) is 0.190. The summed E-state index contributed by atoms with van der Waals surface area (Å²) in [4.78, 5) is 48.5. The summed E-state index contributed by atoms with van der Waals surface area (Å²) in [6, 6.07) is 20.9. The molecule has 2 aliphatic heterocycles. The highest BCUT2D eigenvalue weighted by atomic mass is 35.5. The zero-order valence-electron chi connectivity index (χ0n) is 26.4. The molecule has 2 fully saturated rings. The first kappa shape index (κ1) is 31.8. The normalized spacial score (nSPS) is 20.1. The standard InChI is InChI=1S/C35H40ClN5O5/c1-34(2,3)46-33(44)39-17-14-26(28(21-39)24-10-6-4-7-11-24)31(42)38-18-15-35(45,16-19-38)22-40-23-37-30-27(32(40)43)20-29(36)41(30)25-12-8-5-9-13-25/h4-13,20,23,26,28,45H,14-19,21-22H2,1-3H3/t26-,28+/m1/s1. The Morgan fingerprint density at radius 1 is 1.00 bits per heavy atom. The largest absolute Gasteiger partial charge is 0.444 e. The molecule has 46 heavy (non-hydrogen) atoms. The van der Waals surface area contributed by atoms with Gasteiger partial charge in [0.25, 0.3) is 5.56 Å². The summed E-state index contributed by atoms with van der Waals surface area (Å²) in [6.07, 6.45) is 2.25. The molecule has 6 rings (SSSR count). The number of benzene rings is 2. The van der Waals surface area contributed by atoms with Gasteiger partial charge < -0.3 is 19.6 Å². The van der Waals surface area contributed by atoms with E-state index in [1.807, 2.05) is 86.3 Å². The second-order valence-electron chi connectivity index (χ2n) is 13.4. The molecule has 242 valence electrons. The van der Waals surface area contributed by atoms with Crippen molar-refractivity contribution in [1.82, 2.24) is 23.9 Å². The van der Waals surface area contributed by atoms with E-state index in [9.17, 15) is 19.5 Å². The van der Waals surface area contributed by atoms with Gasteiger partial charge in [0.2, 0.25) is 5.91 Å². The average molecular weight is 646 g/mol. The van der Waals surface area contributed by atoms with Gasteiger partial charge in [0.05, 0.1) is 17.5 Å². The van der Waals surface area contributed by atoms with Crippen molar-refractivity contribution in [3.05, 3.63) is 94.1 Å². The predicted molar refractivity (Wildman–Crippen MR) is 176 cm³/mol. The predicted octanol–water partition coefficient (Wildman–Crippen LogP) is 5.23. The number of likely N-dealkylation sites (tertiary alicyclic amines) is 2. The molecule has 2 aliphatic rings. The molecule has 10 nitrogen and oxygen atoms in total. The number of ether oxygens (including phenoxy) is 1. The number of hydrogen-bond donors (Lipinski definition) is 1. The van der Waals surface area contributed by atoms with Gasteiger partial charge in [0.15, 0.2) is 5.65 Å². The second kappa shape index (κ2) is 12.6. The van der Waals surface area contributed by atoms with Gasteiger partial charge in [0.1, 0.15) is 17.1 Å². The molecule has 2 amide bonds. The molecule has 4 heterocycles. The van der Waals surface area contributed by atoms with Gasteiger partial charge in [-0.1, -0.05) is 60.1 Å². The number of halogens is 1. The zero-order valence-corrected chi connectivity index (χ0v) is 27.2. The molecule has 1 N–H and O–H groups in total. The van der Waals surface area contributed by atoms with E-state index in [0.717, 1.165) is 11.3 Å². The number of carbonyl (C=O) groups is 2. The SMILES string of the molecule is CC(C)(C)OC(=O)N1CC[C@@H](C(=O)N2CCC(O)(Cn3cnc4c(cc(Cl)n4-c4ccccc4)c3=O)CC2)[C@H](c2ccccc2)C1. The summed E-state index contributed by atoms with van der Waals surface area (Å²) in [7, 11) is 0. The van der Waals surface area contributed by atoms with Gasteiger partial charge in [-0.05, 0) is 63.8 Å². The van der Waals surface area contributed by atoms with Crippen LogP contribution in [0.1, 0.15) is 51.5 Å². The van der Waals surface area contributed by atoms with Crippen LogP contribution in [0.2, 0.25) is 5.15 Å². The first-order valence-electron chi connectivity index (χ1n) is 15.8. The van der Waals surface area contributed by atoms with Crippen molar-refractivity contribution in [3.63, 3.8) is 0 Å². The first-order chi connectivity index (χ1) is 21.9. The fraction of sp³-hybridized carbons (Fsp3) is 0.429. The smallest absolute Gasteiger partial charge is 0.410 e. The van der Waals surface area contributed by atoms with E-state index in [1.165, 1.54) is 10.9 Å². The minimum atomic E-state index is -1.18. The lowest BCUT2D eigenvalue weighted by Gasteiger charge is -2.43. The Kier molecular flexibility index (Phi) is 8.69. The summed E-state index contributed by atoms with van der Waals surface area (Å²) < 4.78 is 8.79. The van der Waals surface area contributed by atoms with E-state index >= 15 is 0 Å². The van der Waals surface area contributed by atoms with Gasteiger partial charge in [-0.25, -0.2) is 9.78 Å². The first-order valence-corrected chi connectivity index (χ1v) is 16.2. The molecule has 2 saturated heterocycles. The molecular formula is C35H40ClN5O5. The Labute approximate surface area is 273 Å². The van der Waals surface area contributed by atoms with Crippen LogP contribution in [0.15, 0.2) is 77.9 Å². The van der Waals surface area contributed by atoms with Crippen molar-refractivity contribution in [2.24, 2.45) is 5.92 Å². The van der Waals surface area contributed by atoms with Crippen LogP contribution in [-0.4, -0.2) is 78.4 Å². The lowest BCUT2D eigenvalue weighted by Crippen LogP contribution is -2.53. The van der Waals surface area contributed by atoms with Crippen LogP contribution in [0.25, 0.3) is 16.7 Å². The Bertz CT molecular complexity index is 1770. The third-order valence-electron chi connectivity index (χ3n) is 9.03. The number of carbonyl (C=O) groups excluding carboxylic acids is 2. The van der Waals surface area contributed by atoms with Crippen LogP contribution in [0.4, 0.5) is 4.79 Å². The van der Waals surface area contributed by atoms with E-state index < -0.39 is 11.2 Å². The Balaban J connectivity index is 1.15. The van der Waals surface area contributed by atoms with Gasteiger partial charge in [-0.3, -0.25) is 18.7 Å². The monoisotopic (exact) mass is 645 g/mol. The minimum absolute atomic E-state index is 0.0249. The number of aromatic nitrogens is 3.